The Hall–Kier alpha value is -2.04. The number of rotatable bonds is 10. The first-order chi connectivity index (χ1) is 10.1. The van der Waals surface area contributed by atoms with E-state index < -0.39 is 5.97 Å². The van der Waals surface area contributed by atoms with Crippen LogP contribution in [0.15, 0.2) is 24.3 Å². The van der Waals surface area contributed by atoms with E-state index in [0.717, 1.165) is 18.6 Å². The van der Waals surface area contributed by atoms with Gasteiger partial charge in [-0.05, 0) is 31.4 Å². The third-order valence-electron chi connectivity index (χ3n) is 2.93. The fraction of sp³-hybridized carbons (Fsp3) is 0.500. The van der Waals surface area contributed by atoms with E-state index >= 15 is 0 Å². The molecule has 0 aliphatic heterocycles. The number of carboxylic acids is 1. The van der Waals surface area contributed by atoms with Crippen LogP contribution in [0, 0.1) is 0 Å². The number of carbonyl (C=O) groups is 2. The van der Waals surface area contributed by atoms with Crippen molar-refractivity contribution in [2.24, 2.45) is 0 Å². The Morgan fingerprint density at radius 2 is 1.95 bits per heavy atom. The summed E-state index contributed by atoms with van der Waals surface area (Å²) < 4.78 is 5.58. The van der Waals surface area contributed by atoms with Crippen molar-refractivity contribution in [1.29, 1.82) is 0 Å². The van der Waals surface area contributed by atoms with E-state index in [-0.39, 0.29) is 12.3 Å². The highest BCUT2D eigenvalue weighted by atomic mass is 16.5. The highest BCUT2D eigenvalue weighted by Crippen LogP contribution is 2.18. The topological polar surface area (TPSA) is 75.6 Å². The Labute approximate surface area is 125 Å². The van der Waals surface area contributed by atoms with Gasteiger partial charge in [0.15, 0.2) is 0 Å². The molecular formula is C16H23NO4. The number of ether oxygens (including phenoxy) is 1. The number of amides is 1. The Kier molecular flexibility index (Phi) is 7.94. The molecule has 5 nitrogen and oxygen atoms in total. The molecule has 116 valence electrons. The minimum atomic E-state index is -0.827. The smallest absolute Gasteiger partial charge is 0.303 e. The van der Waals surface area contributed by atoms with Crippen LogP contribution in [-0.2, 0) is 9.59 Å². The molecule has 2 N–H and O–H groups in total. The van der Waals surface area contributed by atoms with Crippen LogP contribution < -0.4 is 10.1 Å². The van der Waals surface area contributed by atoms with Gasteiger partial charge in [-0.1, -0.05) is 19.4 Å². The summed E-state index contributed by atoms with van der Waals surface area (Å²) in [6.07, 6.45) is 3.60. The minimum Gasteiger partial charge on any atom is -0.494 e. The summed E-state index contributed by atoms with van der Waals surface area (Å²) in [7, 11) is 0. The van der Waals surface area contributed by atoms with Gasteiger partial charge in [0.1, 0.15) is 5.75 Å². The second kappa shape index (κ2) is 9.80. The first-order valence-electron chi connectivity index (χ1n) is 7.36. The van der Waals surface area contributed by atoms with Crippen molar-refractivity contribution in [1.82, 2.24) is 0 Å². The molecule has 0 aliphatic carbocycles. The van der Waals surface area contributed by atoms with Gasteiger partial charge in [0, 0.05) is 24.6 Å². The molecule has 5 heteroatoms. The largest absolute Gasteiger partial charge is 0.494 e. The summed E-state index contributed by atoms with van der Waals surface area (Å²) in [5.41, 5.74) is 0.701. The van der Waals surface area contributed by atoms with E-state index in [9.17, 15) is 9.59 Å². The van der Waals surface area contributed by atoms with E-state index in [4.69, 9.17) is 9.84 Å². The lowest BCUT2D eigenvalue weighted by Gasteiger charge is -2.09. The van der Waals surface area contributed by atoms with Crippen molar-refractivity contribution in [3.63, 3.8) is 0 Å². The first-order valence-corrected chi connectivity index (χ1v) is 7.36. The quantitative estimate of drug-likeness (QED) is 0.648. The highest BCUT2D eigenvalue weighted by Gasteiger charge is 2.04. The third-order valence-corrected chi connectivity index (χ3v) is 2.93. The van der Waals surface area contributed by atoms with Crippen LogP contribution >= 0.6 is 0 Å². The average molecular weight is 293 g/mol. The Morgan fingerprint density at radius 1 is 1.19 bits per heavy atom. The van der Waals surface area contributed by atoms with E-state index in [1.807, 2.05) is 18.2 Å². The molecule has 21 heavy (non-hydrogen) atoms. The summed E-state index contributed by atoms with van der Waals surface area (Å²) in [6, 6.07) is 7.30. The Bertz CT molecular complexity index is 459. The molecule has 0 fully saturated rings. The zero-order chi connectivity index (χ0) is 15.5. The number of anilines is 1. The number of hydrogen-bond donors (Lipinski definition) is 2. The van der Waals surface area contributed by atoms with Crippen molar-refractivity contribution in [2.75, 3.05) is 11.9 Å². The van der Waals surface area contributed by atoms with Crippen LogP contribution in [0.3, 0.4) is 0 Å². The van der Waals surface area contributed by atoms with Gasteiger partial charge >= 0.3 is 5.97 Å². The maximum absolute atomic E-state index is 11.7. The fourth-order valence-electron chi connectivity index (χ4n) is 1.78. The average Bonchev–Trinajstić information content (AvgIpc) is 2.44. The van der Waals surface area contributed by atoms with Gasteiger partial charge in [-0.25, -0.2) is 0 Å². The predicted octanol–water partition coefficient (Wildman–Crippen LogP) is 3.45. The monoisotopic (exact) mass is 293 g/mol. The van der Waals surface area contributed by atoms with Crippen LogP contribution in [0.4, 0.5) is 5.69 Å². The zero-order valence-electron chi connectivity index (χ0n) is 12.4. The molecule has 1 amide bonds. The van der Waals surface area contributed by atoms with E-state index in [1.54, 1.807) is 6.07 Å². The van der Waals surface area contributed by atoms with E-state index in [0.29, 0.717) is 31.6 Å². The van der Waals surface area contributed by atoms with Crippen molar-refractivity contribution >= 4 is 17.6 Å². The zero-order valence-corrected chi connectivity index (χ0v) is 12.4. The number of aliphatic carboxylic acids is 1. The van der Waals surface area contributed by atoms with Gasteiger partial charge in [0.2, 0.25) is 5.91 Å². The lowest BCUT2D eigenvalue weighted by Crippen LogP contribution is -2.11. The summed E-state index contributed by atoms with van der Waals surface area (Å²) in [6.45, 7) is 2.77. The van der Waals surface area contributed by atoms with Gasteiger partial charge in [0.25, 0.3) is 0 Å². The molecule has 1 aromatic carbocycles. The summed E-state index contributed by atoms with van der Waals surface area (Å²) >= 11 is 0. The summed E-state index contributed by atoms with van der Waals surface area (Å²) in [4.78, 5) is 22.1. The van der Waals surface area contributed by atoms with Gasteiger partial charge < -0.3 is 15.2 Å². The fourth-order valence-corrected chi connectivity index (χ4v) is 1.78. The lowest BCUT2D eigenvalue weighted by atomic mass is 10.2. The molecule has 1 aromatic rings. The molecular weight excluding hydrogens is 270 g/mol. The van der Waals surface area contributed by atoms with Crippen molar-refractivity contribution in [3.8, 4) is 5.75 Å². The SMILES string of the molecule is CCCCOc1cccc(NC(=O)CCCCC(=O)O)c1. The second-order valence-corrected chi connectivity index (χ2v) is 4.88. The number of unbranched alkanes of at least 4 members (excludes halogenated alkanes) is 2. The first kappa shape index (κ1) is 17.0. The van der Waals surface area contributed by atoms with Crippen molar-refractivity contribution in [3.05, 3.63) is 24.3 Å². The third kappa shape index (κ3) is 7.97. The number of hydrogen-bond acceptors (Lipinski definition) is 3. The molecule has 0 unspecified atom stereocenters. The predicted molar refractivity (Wildman–Crippen MR) is 81.6 cm³/mol. The maximum atomic E-state index is 11.7. The van der Waals surface area contributed by atoms with Gasteiger partial charge in [-0.3, -0.25) is 9.59 Å². The molecule has 0 bridgehead atoms. The van der Waals surface area contributed by atoms with Gasteiger partial charge in [-0.15, -0.1) is 0 Å². The number of carbonyl (C=O) groups excluding carboxylic acids is 1. The molecule has 0 heterocycles. The standard InChI is InChI=1S/C16H23NO4/c1-2-3-11-21-14-8-6-7-13(12-14)17-15(18)9-4-5-10-16(19)20/h6-8,12H,2-5,9-11H2,1H3,(H,17,18)(H,19,20). The van der Waals surface area contributed by atoms with Crippen LogP contribution in [0.2, 0.25) is 0 Å². The molecule has 0 radical (unpaired) electrons. The molecule has 0 aliphatic rings. The minimum absolute atomic E-state index is 0.105. The van der Waals surface area contributed by atoms with Gasteiger partial charge in [-0.2, -0.15) is 0 Å². The summed E-state index contributed by atoms with van der Waals surface area (Å²) in [5, 5.41) is 11.3. The van der Waals surface area contributed by atoms with E-state index in [2.05, 4.69) is 12.2 Å². The van der Waals surface area contributed by atoms with Crippen molar-refractivity contribution < 1.29 is 19.4 Å². The second-order valence-electron chi connectivity index (χ2n) is 4.88. The van der Waals surface area contributed by atoms with Crippen LogP contribution in [0.5, 0.6) is 5.75 Å². The number of nitrogens with one attached hydrogen (secondary N) is 1. The van der Waals surface area contributed by atoms with Crippen LogP contribution in [0.25, 0.3) is 0 Å². The van der Waals surface area contributed by atoms with Gasteiger partial charge in [0.05, 0.1) is 6.61 Å². The number of benzene rings is 1. The normalized spacial score (nSPS) is 10.1. The Morgan fingerprint density at radius 3 is 2.67 bits per heavy atom. The maximum Gasteiger partial charge on any atom is 0.303 e. The summed E-state index contributed by atoms with van der Waals surface area (Å²) in [5.74, 6) is -0.189. The molecule has 0 saturated heterocycles. The van der Waals surface area contributed by atoms with Crippen LogP contribution in [0.1, 0.15) is 45.4 Å². The lowest BCUT2D eigenvalue weighted by molar-refractivity contribution is -0.137. The molecule has 0 saturated carbocycles. The molecule has 0 atom stereocenters. The van der Waals surface area contributed by atoms with E-state index in [1.165, 1.54) is 0 Å². The molecule has 0 spiro atoms. The Balaban J connectivity index is 2.34. The highest BCUT2D eigenvalue weighted by molar-refractivity contribution is 5.90. The molecule has 1 rings (SSSR count). The molecule has 0 aromatic heterocycles. The van der Waals surface area contributed by atoms with Crippen LogP contribution in [-0.4, -0.2) is 23.6 Å². The van der Waals surface area contributed by atoms with Crippen molar-refractivity contribution in [2.45, 2.75) is 45.4 Å². The number of carboxylic acid groups (broad SMARTS) is 1.